The van der Waals surface area contributed by atoms with Crippen LogP contribution in [0.25, 0.3) is 0 Å². The van der Waals surface area contributed by atoms with Crippen LogP contribution in [0.5, 0.6) is 0 Å². The maximum absolute atomic E-state index is 12.9. The quantitative estimate of drug-likeness (QED) is 0.284. The van der Waals surface area contributed by atoms with Crippen molar-refractivity contribution in [3.63, 3.8) is 0 Å². The summed E-state index contributed by atoms with van der Waals surface area (Å²) in [7, 11) is 4.93. The highest BCUT2D eigenvalue weighted by Crippen LogP contribution is 2.29. The maximum atomic E-state index is 12.9. The zero-order valence-electron chi connectivity index (χ0n) is 18.1. The molecule has 0 bridgehead atoms. The van der Waals surface area contributed by atoms with Gasteiger partial charge in [-0.25, -0.2) is 4.99 Å². The molecule has 0 unspecified atom stereocenters. The fraction of sp³-hybridized carbons (Fsp3) is 0.600. The normalized spacial score (nSPS) is 12.2. The van der Waals surface area contributed by atoms with Gasteiger partial charge in [-0.2, -0.15) is 13.2 Å². The first-order valence-corrected chi connectivity index (χ1v) is 9.32. The van der Waals surface area contributed by atoms with E-state index < -0.39 is 11.7 Å². The van der Waals surface area contributed by atoms with Crippen LogP contribution in [0.2, 0.25) is 0 Å². The van der Waals surface area contributed by atoms with Gasteiger partial charge in [0.2, 0.25) is 5.91 Å². The molecule has 0 fully saturated rings. The van der Waals surface area contributed by atoms with Gasteiger partial charge in [-0.3, -0.25) is 4.79 Å². The van der Waals surface area contributed by atoms with Crippen molar-refractivity contribution in [2.45, 2.75) is 33.0 Å². The molecule has 6 nitrogen and oxygen atoms in total. The summed E-state index contributed by atoms with van der Waals surface area (Å²) in [6.07, 6.45) is -3.59. The Kier molecular flexibility index (Phi) is 12.3. The number of ether oxygens (including phenoxy) is 1. The highest BCUT2D eigenvalue weighted by molar-refractivity contribution is 14.0. The molecule has 1 aromatic rings. The SMILES string of the molecule is COCCC(C)(C)CNC(=NCc1cccc(C(F)(F)F)c1)NCC(=O)N(C)C.I. The Morgan fingerprint density at radius 1 is 1.20 bits per heavy atom. The molecular formula is C20H32F3IN4O2. The number of methoxy groups -OCH3 is 1. The highest BCUT2D eigenvalue weighted by atomic mass is 127. The Labute approximate surface area is 193 Å². The maximum Gasteiger partial charge on any atom is 0.416 e. The average Bonchev–Trinajstić information content (AvgIpc) is 2.65. The van der Waals surface area contributed by atoms with Crippen LogP contribution < -0.4 is 10.6 Å². The second kappa shape index (κ2) is 13.0. The summed E-state index contributed by atoms with van der Waals surface area (Å²) < 4.78 is 43.8. The fourth-order valence-corrected chi connectivity index (χ4v) is 2.30. The number of amides is 1. The first-order chi connectivity index (χ1) is 13.4. The Morgan fingerprint density at radius 2 is 1.87 bits per heavy atom. The molecule has 2 N–H and O–H groups in total. The van der Waals surface area contributed by atoms with Crippen LogP contribution in [0.3, 0.4) is 0 Å². The molecule has 0 aliphatic heterocycles. The molecule has 1 rings (SSSR count). The predicted octanol–water partition coefficient (Wildman–Crippen LogP) is 3.51. The van der Waals surface area contributed by atoms with Crippen molar-refractivity contribution in [1.29, 1.82) is 0 Å². The number of benzene rings is 1. The topological polar surface area (TPSA) is 66.0 Å². The van der Waals surface area contributed by atoms with Crippen molar-refractivity contribution in [1.82, 2.24) is 15.5 Å². The van der Waals surface area contributed by atoms with Crippen LogP contribution in [-0.2, 0) is 22.3 Å². The van der Waals surface area contributed by atoms with E-state index in [1.54, 1.807) is 27.3 Å². The zero-order chi connectivity index (χ0) is 22.1. The molecule has 0 aliphatic carbocycles. The smallest absolute Gasteiger partial charge is 0.385 e. The third-order valence-electron chi connectivity index (χ3n) is 4.30. The fourth-order valence-electron chi connectivity index (χ4n) is 2.30. The van der Waals surface area contributed by atoms with Gasteiger partial charge in [0.1, 0.15) is 0 Å². The standard InChI is InChI=1S/C20H31F3N4O2.HI/c1-19(2,9-10-29-5)14-26-18(25-13-17(28)27(3)4)24-12-15-7-6-8-16(11-15)20(21,22)23;/h6-8,11H,9-10,12-14H2,1-5H3,(H2,24,25,26);1H. The number of guanidine groups is 1. The van der Waals surface area contributed by atoms with Gasteiger partial charge in [0.05, 0.1) is 18.7 Å². The van der Waals surface area contributed by atoms with Gasteiger partial charge < -0.3 is 20.3 Å². The summed E-state index contributed by atoms with van der Waals surface area (Å²) in [6, 6.07) is 5.05. The number of hydrogen-bond acceptors (Lipinski definition) is 3. The lowest BCUT2D eigenvalue weighted by molar-refractivity contribution is -0.137. The van der Waals surface area contributed by atoms with Crippen LogP contribution in [0.15, 0.2) is 29.3 Å². The monoisotopic (exact) mass is 544 g/mol. The minimum atomic E-state index is -4.40. The Hall–Kier alpha value is -1.56. The molecule has 1 aromatic carbocycles. The second-order valence-corrected chi connectivity index (χ2v) is 7.77. The Balaban J connectivity index is 0.00000841. The van der Waals surface area contributed by atoms with Gasteiger partial charge in [-0.05, 0) is 29.5 Å². The van der Waals surface area contributed by atoms with E-state index in [9.17, 15) is 18.0 Å². The van der Waals surface area contributed by atoms with Crippen molar-refractivity contribution in [3.05, 3.63) is 35.4 Å². The summed E-state index contributed by atoms with van der Waals surface area (Å²) in [4.78, 5) is 17.7. The zero-order valence-corrected chi connectivity index (χ0v) is 20.4. The van der Waals surface area contributed by atoms with E-state index in [1.165, 1.54) is 11.0 Å². The molecule has 0 aromatic heterocycles. The van der Waals surface area contributed by atoms with Gasteiger partial charge >= 0.3 is 6.18 Å². The van der Waals surface area contributed by atoms with Crippen molar-refractivity contribution in [2.75, 3.05) is 40.9 Å². The number of halogens is 4. The first kappa shape index (κ1) is 28.4. The van der Waals surface area contributed by atoms with Gasteiger partial charge in [0, 0.05) is 34.4 Å². The van der Waals surface area contributed by atoms with Crippen molar-refractivity contribution >= 4 is 35.8 Å². The van der Waals surface area contributed by atoms with E-state index in [0.29, 0.717) is 24.7 Å². The molecule has 0 spiro atoms. The van der Waals surface area contributed by atoms with E-state index in [4.69, 9.17) is 4.74 Å². The van der Waals surface area contributed by atoms with Crippen LogP contribution in [-0.4, -0.2) is 57.7 Å². The van der Waals surface area contributed by atoms with E-state index >= 15 is 0 Å². The molecule has 0 heterocycles. The Bertz CT molecular complexity index is 695. The van der Waals surface area contributed by atoms with Gasteiger partial charge in [-0.1, -0.05) is 26.0 Å². The van der Waals surface area contributed by atoms with Crippen LogP contribution in [0.1, 0.15) is 31.4 Å². The van der Waals surface area contributed by atoms with E-state index in [2.05, 4.69) is 29.5 Å². The number of rotatable bonds is 9. The number of carbonyl (C=O) groups excluding carboxylic acids is 1. The molecule has 0 aliphatic rings. The van der Waals surface area contributed by atoms with Gasteiger partial charge in [0.25, 0.3) is 0 Å². The largest absolute Gasteiger partial charge is 0.416 e. The summed E-state index contributed by atoms with van der Waals surface area (Å²) in [5.41, 5.74) is -0.380. The lowest BCUT2D eigenvalue weighted by Crippen LogP contribution is -2.45. The number of aliphatic imine (C=N–C) groups is 1. The van der Waals surface area contributed by atoms with E-state index in [-0.39, 0.29) is 48.4 Å². The number of hydrogen-bond donors (Lipinski definition) is 2. The number of likely N-dealkylation sites (N-methyl/N-ethyl adjacent to an activating group) is 1. The molecule has 0 saturated heterocycles. The number of nitrogens with zero attached hydrogens (tertiary/aromatic N) is 2. The Morgan fingerprint density at radius 3 is 2.43 bits per heavy atom. The molecule has 0 saturated carbocycles. The third kappa shape index (κ3) is 11.0. The van der Waals surface area contributed by atoms with Crippen LogP contribution in [0, 0.1) is 5.41 Å². The average molecular weight is 544 g/mol. The van der Waals surface area contributed by atoms with E-state index in [1.807, 2.05) is 0 Å². The molecule has 0 radical (unpaired) electrons. The minimum absolute atomic E-state index is 0. The summed E-state index contributed by atoms with van der Waals surface area (Å²) in [6.45, 7) is 5.37. The van der Waals surface area contributed by atoms with Gasteiger partial charge in [-0.15, -0.1) is 24.0 Å². The van der Waals surface area contributed by atoms with Crippen molar-refractivity contribution < 1.29 is 22.7 Å². The molecule has 10 heteroatoms. The molecule has 172 valence electrons. The third-order valence-corrected chi connectivity index (χ3v) is 4.30. The highest BCUT2D eigenvalue weighted by Gasteiger charge is 2.30. The van der Waals surface area contributed by atoms with Crippen LogP contribution in [0.4, 0.5) is 13.2 Å². The molecular weight excluding hydrogens is 512 g/mol. The minimum Gasteiger partial charge on any atom is -0.385 e. The number of carbonyl (C=O) groups is 1. The molecule has 30 heavy (non-hydrogen) atoms. The van der Waals surface area contributed by atoms with Crippen molar-refractivity contribution in [2.24, 2.45) is 10.4 Å². The number of nitrogens with one attached hydrogen (secondary N) is 2. The predicted molar refractivity (Wildman–Crippen MR) is 123 cm³/mol. The lowest BCUT2D eigenvalue weighted by atomic mass is 9.90. The second-order valence-electron chi connectivity index (χ2n) is 7.77. The lowest BCUT2D eigenvalue weighted by Gasteiger charge is -2.26. The van der Waals surface area contributed by atoms with Crippen molar-refractivity contribution in [3.8, 4) is 0 Å². The molecule has 0 atom stereocenters. The summed E-state index contributed by atoms with van der Waals surface area (Å²) in [5.74, 6) is 0.223. The first-order valence-electron chi connectivity index (χ1n) is 9.32. The summed E-state index contributed by atoms with van der Waals surface area (Å²) >= 11 is 0. The molecule has 1 amide bonds. The van der Waals surface area contributed by atoms with E-state index in [0.717, 1.165) is 18.6 Å². The number of alkyl halides is 3. The summed E-state index contributed by atoms with van der Waals surface area (Å²) in [5, 5.41) is 6.11. The van der Waals surface area contributed by atoms with Crippen LogP contribution >= 0.6 is 24.0 Å². The van der Waals surface area contributed by atoms with Gasteiger partial charge in [0.15, 0.2) is 5.96 Å².